The summed E-state index contributed by atoms with van der Waals surface area (Å²) >= 11 is 12.0. The fourth-order valence-electron chi connectivity index (χ4n) is 2.25. The minimum atomic E-state index is -0.712. The highest BCUT2D eigenvalue weighted by atomic mass is 35.5. The van der Waals surface area contributed by atoms with E-state index in [1.165, 1.54) is 19.2 Å². The summed E-state index contributed by atoms with van der Waals surface area (Å²) in [7, 11) is 1.43. The van der Waals surface area contributed by atoms with Crippen LogP contribution in [-0.2, 0) is 9.53 Å². The lowest BCUT2D eigenvalue weighted by atomic mass is 10.2. The zero-order valence-corrected chi connectivity index (χ0v) is 16.6. The zero-order chi connectivity index (χ0) is 20.0. The van der Waals surface area contributed by atoms with Crippen molar-refractivity contribution in [3.8, 4) is 11.5 Å². The lowest BCUT2D eigenvalue weighted by Crippen LogP contribution is -2.21. The van der Waals surface area contributed by atoms with Crippen molar-refractivity contribution in [1.82, 2.24) is 0 Å². The van der Waals surface area contributed by atoms with Gasteiger partial charge in [-0.2, -0.15) is 0 Å². The molecular formula is C19H19Cl2NO5. The maximum atomic E-state index is 12.2. The van der Waals surface area contributed by atoms with Crippen LogP contribution in [0.5, 0.6) is 11.5 Å². The molecule has 0 fully saturated rings. The number of anilines is 1. The highest BCUT2D eigenvalue weighted by molar-refractivity contribution is 6.32. The number of halogens is 2. The van der Waals surface area contributed by atoms with E-state index in [0.29, 0.717) is 28.8 Å². The molecule has 0 bridgehead atoms. The Morgan fingerprint density at radius 2 is 1.89 bits per heavy atom. The quantitative estimate of drug-likeness (QED) is 0.678. The number of methoxy groups -OCH3 is 1. The topological polar surface area (TPSA) is 73.9 Å². The fourth-order valence-corrected chi connectivity index (χ4v) is 2.69. The lowest BCUT2D eigenvalue weighted by Gasteiger charge is -2.13. The predicted molar refractivity (Wildman–Crippen MR) is 104 cm³/mol. The zero-order valence-electron chi connectivity index (χ0n) is 15.1. The molecule has 0 heterocycles. The number of benzene rings is 2. The number of rotatable bonds is 7. The third-order valence-electron chi connectivity index (χ3n) is 3.56. The summed E-state index contributed by atoms with van der Waals surface area (Å²) in [5, 5.41) is 3.35. The predicted octanol–water partition coefficient (Wildman–Crippen LogP) is 4.50. The number of carbonyl (C=O) groups is 2. The second-order valence-electron chi connectivity index (χ2n) is 5.51. The molecule has 8 heteroatoms. The Hall–Kier alpha value is -2.44. The van der Waals surface area contributed by atoms with E-state index < -0.39 is 18.5 Å². The Morgan fingerprint density at radius 1 is 1.15 bits per heavy atom. The van der Waals surface area contributed by atoms with Gasteiger partial charge in [0.25, 0.3) is 5.91 Å². The van der Waals surface area contributed by atoms with Crippen molar-refractivity contribution in [3.63, 3.8) is 0 Å². The van der Waals surface area contributed by atoms with E-state index in [0.717, 1.165) is 5.56 Å². The van der Waals surface area contributed by atoms with Crippen LogP contribution in [0, 0.1) is 6.92 Å². The Balaban J connectivity index is 2.03. The van der Waals surface area contributed by atoms with Gasteiger partial charge in [0.1, 0.15) is 0 Å². The average molecular weight is 412 g/mol. The minimum absolute atomic E-state index is 0.145. The first kappa shape index (κ1) is 20.9. The molecule has 1 amide bonds. The van der Waals surface area contributed by atoms with Gasteiger partial charge in [0, 0.05) is 10.7 Å². The summed E-state index contributed by atoms with van der Waals surface area (Å²) < 4.78 is 15.6. The van der Waals surface area contributed by atoms with Gasteiger partial charge in [-0.15, -0.1) is 0 Å². The van der Waals surface area contributed by atoms with Crippen LogP contribution in [-0.4, -0.2) is 32.2 Å². The lowest BCUT2D eigenvalue weighted by molar-refractivity contribution is -0.119. The Morgan fingerprint density at radius 3 is 2.56 bits per heavy atom. The van der Waals surface area contributed by atoms with Crippen LogP contribution in [0.2, 0.25) is 10.0 Å². The van der Waals surface area contributed by atoms with E-state index in [9.17, 15) is 9.59 Å². The number of ether oxygens (including phenoxy) is 3. The van der Waals surface area contributed by atoms with Crippen LogP contribution in [0.1, 0.15) is 22.8 Å². The number of hydrogen-bond acceptors (Lipinski definition) is 5. The van der Waals surface area contributed by atoms with Crippen molar-refractivity contribution in [1.29, 1.82) is 0 Å². The first-order valence-electron chi connectivity index (χ1n) is 8.09. The summed E-state index contributed by atoms with van der Waals surface area (Å²) in [5.74, 6) is -0.559. The van der Waals surface area contributed by atoms with Crippen LogP contribution in [0.3, 0.4) is 0 Å². The largest absolute Gasteiger partial charge is 0.493 e. The molecule has 0 aliphatic carbocycles. The van der Waals surface area contributed by atoms with Crippen LogP contribution >= 0.6 is 23.2 Å². The summed E-state index contributed by atoms with van der Waals surface area (Å²) in [6.07, 6.45) is 0. The molecule has 0 aliphatic heterocycles. The molecule has 6 nitrogen and oxygen atoms in total. The number of carbonyl (C=O) groups excluding carboxylic acids is 2. The van der Waals surface area contributed by atoms with Gasteiger partial charge < -0.3 is 19.5 Å². The molecule has 2 aromatic rings. The molecule has 0 saturated heterocycles. The molecule has 0 spiro atoms. The van der Waals surface area contributed by atoms with Crippen LogP contribution in [0.15, 0.2) is 30.3 Å². The molecule has 0 radical (unpaired) electrons. The summed E-state index contributed by atoms with van der Waals surface area (Å²) in [6.45, 7) is 3.56. The first-order valence-corrected chi connectivity index (χ1v) is 8.84. The summed E-state index contributed by atoms with van der Waals surface area (Å²) in [5.41, 5.74) is 1.53. The Kier molecular flexibility index (Phi) is 7.33. The smallest absolute Gasteiger partial charge is 0.338 e. The number of aryl methyl sites for hydroxylation is 1. The molecule has 1 N–H and O–H groups in total. The van der Waals surface area contributed by atoms with Crippen molar-refractivity contribution in [2.75, 3.05) is 25.6 Å². The van der Waals surface area contributed by atoms with E-state index in [2.05, 4.69) is 5.32 Å². The maximum Gasteiger partial charge on any atom is 0.338 e. The van der Waals surface area contributed by atoms with Gasteiger partial charge >= 0.3 is 5.97 Å². The molecule has 0 aromatic heterocycles. The minimum Gasteiger partial charge on any atom is -0.493 e. The molecule has 0 aliphatic rings. The van der Waals surface area contributed by atoms with Crippen LogP contribution in [0.25, 0.3) is 0 Å². The number of amides is 1. The third-order valence-corrected chi connectivity index (χ3v) is 4.08. The van der Waals surface area contributed by atoms with Crippen molar-refractivity contribution in [2.45, 2.75) is 13.8 Å². The molecule has 0 atom stereocenters. The Bertz CT molecular complexity index is 854. The van der Waals surface area contributed by atoms with Crippen LogP contribution in [0.4, 0.5) is 5.69 Å². The number of hydrogen-bond donors (Lipinski definition) is 1. The Labute approximate surface area is 167 Å². The molecular weight excluding hydrogens is 393 g/mol. The van der Waals surface area contributed by atoms with Gasteiger partial charge in [0.15, 0.2) is 18.1 Å². The van der Waals surface area contributed by atoms with E-state index in [1.807, 2.05) is 6.92 Å². The van der Waals surface area contributed by atoms with Crippen molar-refractivity contribution in [3.05, 3.63) is 51.5 Å². The number of nitrogens with one attached hydrogen (secondary N) is 1. The van der Waals surface area contributed by atoms with Gasteiger partial charge in [-0.3, -0.25) is 4.79 Å². The monoisotopic (exact) mass is 411 g/mol. The summed E-state index contributed by atoms with van der Waals surface area (Å²) in [6, 6.07) is 7.95. The van der Waals surface area contributed by atoms with Gasteiger partial charge in [-0.25, -0.2) is 4.79 Å². The van der Waals surface area contributed by atoms with Crippen molar-refractivity contribution < 1.29 is 23.8 Å². The van der Waals surface area contributed by atoms with Crippen molar-refractivity contribution >= 4 is 40.8 Å². The maximum absolute atomic E-state index is 12.2. The SMILES string of the molecule is CCOc1c(Cl)cc(C(=O)OCC(=O)Nc2cc(Cl)ccc2C)cc1OC. The van der Waals surface area contributed by atoms with Gasteiger partial charge in [-0.1, -0.05) is 29.3 Å². The van der Waals surface area contributed by atoms with E-state index in [1.54, 1.807) is 25.1 Å². The van der Waals surface area contributed by atoms with Gasteiger partial charge in [0.2, 0.25) is 0 Å². The van der Waals surface area contributed by atoms with E-state index in [4.69, 9.17) is 37.4 Å². The standard InChI is InChI=1S/C19H19Cl2NO5/c1-4-26-18-14(21)7-12(8-16(18)25-3)19(24)27-10-17(23)22-15-9-13(20)6-5-11(15)2/h5-9H,4,10H2,1-3H3,(H,22,23). The first-order chi connectivity index (χ1) is 12.8. The average Bonchev–Trinajstić information content (AvgIpc) is 2.64. The van der Waals surface area contributed by atoms with Crippen LogP contribution < -0.4 is 14.8 Å². The normalized spacial score (nSPS) is 10.3. The number of esters is 1. The second-order valence-corrected chi connectivity index (χ2v) is 6.35. The summed E-state index contributed by atoms with van der Waals surface area (Å²) in [4.78, 5) is 24.3. The fraction of sp³-hybridized carbons (Fsp3) is 0.263. The highest BCUT2D eigenvalue weighted by Gasteiger charge is 2.17. The van der Waals surface area contributed by atoms with Gasteiger partial charge in [0.05, 0.1) is 24.3 Å². The molecule has 0 saturated carbocycles. The molecule has 144 valence electrons. The molecule has 2 rings (SSSR count). The highest BCUT2D eigenvalue weighted by Crippen LogP contribution is 2.36. The molecule has 2 aromatic carbocycles. The molecule has 0 unspecified atom stereocenters. The van der Waals surface area contributed by atoms with Gasteiger partial charge in [-0.05, 0) is 43.7 Å². The molecule has 27 heavy (non-hydrogen) atoms. The third kappa shape index (κ3) is 5.52. The van der Waals surface area contributed by atoms with Crippen molar-refractivity contribution in [2.24, 2.45) is 0 Å². The second kappa shape index (κ2) is 9.48. The van der Waals surface area contributed by atoms with E-state index >= 15 is 0 Å². The van der Waals surface area contributed by atoms with E-state index in [-0.39, 0.29) is 10.6 Å².